The Morgan fingerprint density at radius 3 is 2.64 bits per heavy atom. The van der Waals surface area contributed by atoms with E-state index >= 15 is 0 Å². The molecule has 1 N–H and O–H groups in total. The number of hydrogen-bond acceptors (Lipinski definition) is 4. The largest absolute Gasteiger partial charge is 0.326 e. The van der Waals surface area contributed by atoms with Gasteiger partial charge in [-0.3, -0.25) is 19.7 Å². The second kappa shape index (κ2) is 6.72. The van der Waals surface area contributed by atoms with Crippen molar-refractivity contribution in [1.29, 1.82) is 0 Å². The first-order chi connectivity index (χ1) is 12.0. The summed E-state index contributed by atoms with van der Waals surface area (Å²) in [4.78, 5) is 36.7. The topological polar surface area (TPSA) is 92.6 Å². The van der Waals surface area contributed by atoms with Gasteiger partial charge in [-0.05, 0) is 25.1 Å². The molecule has 7 heteroatoms. The van der Waals surface area contributed by atoms with E-state index in [4.69, 9.17) is 0 Å². The molecule has 1 heterocycles. The normalized spacial score (nSPS) is 16.8. The summed E-state index contributed by atoms with van der Waals surface area (Å²) in [5.41, 5.74) is 1.60. The molecule has 25 heavy (non-hydrogen) atoms. The van der Waals surface area contributed by atoms with Crippen LogP contribution in [0.3, 0.4) is 0 Å². The summed E-state index contributed by atoms with van der Waals surface area (Å²) in [6.45, 7) is 1.85. The molecule has 0 unspecified atom stereocenters. The summed E-state index contributed by atoms with van der Waals surface area (Å²) in [7, 11) is 0. The zero-order valence-electron chi connectivity index (χ0n) is 13.6. The van der Waals surface area contributed by atoms with Crippen LogP contribution in [-0.2, 0) is 9.59 Å². The van der Waals surface area contributed by atoms with Gasteiger partial charge in [-0.25, -0.2) is 0 Å². The highest BCUT2D eigenvalue weighted by Gasteiger charge is 2.35. The molecule has 0 bridgehead atoms. The van der Waals surface area contributed by atoms with Crippen molar-refractivity contribution in [3.8, 4) is 0 Å². The Balaban J connectivity index is 1.75. The van der Waals surface area contributed by atoms with Crippen LogP contribution in [0.5, 0.6) is 0 Å². The zero-order valence-corrected chi connectivity index (χ0v) is 13.6. The minimum absolute atomic E-state index is 0.0394. The molecule has 0 aromatic heterocycles. The third-order valence-electron chi connectivity index (χ3n) is 4.24. The molecule has 2 amide bonds. The van der Waals surface area contributed by atoms with Gasteiger partial charge in [-0.2, -0.15) is 0 Å². The van der Waals surface area contributed by atoms with Gasteiger partial charge in [-0.15, -0.1) is 0 Å². The maximum absolute atomic E-state index is 12.4. The molecular weight excluding hydrogens is 322 g/mol. The lowest BCUT2D eigenvalue weighted by atomic mass is 10.1. The van der Waals surface area contributed by atoms with Gasteiger partial charge in [-0.1, -0.05) is 24.3 Å². The number of carbonyl (C=O) groups is 2. The second-order valence-electron chi connectivity index (χ2n) is 5.99. The molecule has 3 rings (SSSR count). The third kappa shape index (κ3) is 3.50. The summed E-state index contributed by atoms with van der Waals surface area (Å²) >= 11 is 0. The number of nitro benzene ring substituents is 1. The highest BCUT2D eigenvalue weighted by Crippen LogP contribution is 2.30. The summed E-state index contributed by atoms with van der Waals surface area (Å²) in [6, 6.07) is 13.7. The predicted octanol–water partition coefficient (Wildman–Crippen LogP) is 2.89. The molecule has 1 fully saturated rings. The van der Waals surface area contributed by atoms with Crippen LogP contribution >= 0.6 is 0 Å². The van der Waals surface area contributed by atoms with Gasteiger partial charge in [0.15, 0.2) is 0 Å². The molecule has 1 saturated heterocycles. The first-order valence-electron chi connectivity index (χ1n) is 7.87. The van der Waals surface area contributed by atoms with Crippen molar-refractivity contribution in [2.24, 2.45) is 5.92 Å². The number of aryl methyl sites for hydroxylation is 1. The first kappa shape index (κ1) is 16.6. The molecule has 1 atom stereocenters. The molecule has 128 valence electrons. The van der Waals surface area contributed by atoms with Crippen LogP contribution in [0.2, 0.25) is 0 Å². The van der Waals surface area contributed by atoms with Gasteiger partial charge in [0.25, 0.3) is 5.69 Å². The summed E-state index contributed by atoms with van der Waals surface area (Å²) in [6.07, 6.45) is 0.0837. The Bertz CT molecular complexity index is 835. The fourth-order valence-electron chi connectivity index (χ4n) is 2.86. The SMILES string of the molecule is Cc1ccc(N2C[C@H](C(=O)Nc3ccccc3)CC2=O)cc1[N+](=O)[O-]. The van der Waals surface area contributed by atoms with Gasteiger partial charge in [0, 0.05) is 30.3 Å². The van der Waals surface area contributed by atoms with Gasteiger partial charge in [0.05, 0.1) is 16.5 Å². The molecular formula is C18H17N3O4. The number of amides is 2. The monoisotopic (exact) mass is 339 g/mol. The molecule has 2 aromatic rings. The number of nitro groups is 1. The van der Waals surface area contributed by atoms with Crippen LogP contribution in [0.25, 0.3) is 0 Å². The van der Waals surface area contributed by atoms with E-state index in [0.717, 1.165) is 0 Å². The molecule has 0 radical (unpaired) electrons. The fraction of sp³-hybridized carbons (Fsp3) is 0.222. The Morgan fingerprint density at radius 1 is 1.24 bits per heavy atom. The van der Waals surface area contributed by atoms with Crippen LogP contribution in [0, 0.1) is 23.0 Å². The number of anilines is 2. The number of hydrogen-bond donors (Lipinski definition) is 1. The zero-order chi connectivity index (χ0) is 18.0. The molecule has 1 aliphatic rings. The van der Waals surface area contributed by atoms with E-state index in [9.17, 15) is 19.7 Å². The molecule has 1 aliphatic heterocycles. The minimum atomic E-state index is -0.493. The molecule has 0 spiro atoms. The third-order valence-corrected chi connectivity index (χ3v) is 4.24. The standard InChI is InChI=1S/C18H17N3O4/c1-12-7-8-15(10-16(12)21(24)25)20-11-13(9-17(20)22)18(23)19-14-5-3-2-4-6-14/h2-8,10,13H,9,11H2,1H3,(H,19,23)/t13-/m1/s1. The van der Waals surface area contributed by atoms with E-state index < -0.39 is 10.8 Å². The van der Waals surface area contributed by atoms with Crippen molar-refractivity contribution in [2.45, 2.75) is 13.3 Å². The highest BCUT2D eigenvalue weighted by molar-refractivity contribution is 6.03. The Labute approximate surface area is 144 Å². The van der Waals surface area contributed by atoms with Crippen LogP contribution in [-0.4, -0.2) is 23.3 Å². The van der Waals surface area contributed by atoms with Gasteiger partial charge >= 0.3 is 0 Å². The van der Waals surface area contributed by atoms with Crippen molar-refractivity contribution in [3.63, 3.8) is 0 Å². The highest BCUT2D eigenvalue weighted by atomic mass is 16.6. The van der Waals surface area contributed by atoms with Crippen molar-refractivity contribution in [3.05, 3.63) is 64.2 Å². The van der Waals surface area contributed by atoms with Gasteiger partial charge in [0.2, 0.25) is 11.8 Å². The fourth-order valence-corrected chi connectivity index (χ4v) is 2.86. The van der Waals surface area contributed by atoms with Gasteiger partial charge < -0.3 is 10.2 Å². The van der Waals surface area contributed by atoms with Crippen LogP contribution < -0.4 is 10.2 Å². The molecule has 2 aromatic carbocycles. The number of para-hydroxylation sites is 1. The van der Waals surface area contributed by atoms with Crippen molar-refractivity contribution >= 4 is 28.9 Å². The van der Waals surface area contributed by atoms with Crippen molar-refractivity contribution < 1.29 is 14.5 Å². The van der Waals surface area contributed by atoms with E-state index in [1.54, 1.807) is 31.2 Å². The summed E-state index contributed by atoms with van der Waals surface area (Å²) in [5.74, 6) is -0.942. The van der Waals surface area contributed by atoms with Crippen molar-refractivity contribution in [1.82, 2.24) is 0 Å². The Morgan fingerprint density at radius 2 is 1.96 bits per heavy atom. The lowest BCUT2D eigenvalue weighted by Crippen LogP contribution is -2.28. The number of rotatable bonds is 4. The van der Waals surface area contributed by atoms with Crippen LogP contribution in [0.15, 0.2) is 48.5 Å². The lowest BCUT2D eigenvalue weighted by molar-refractivity contribution is -0.385. The minimum Gasteiger partial charge on any atom is -0.326 e. The second-order valence-corrected chi connectivity index (χ2v) is 5.99. The number of nitrogens with zero attached hydrogens (tertiary/aromatic N) is 2. The van der Waals surface area contributed by atoms with Gasteiger partial charge in [0.1, 0.15) is 0 Å². The Hall–Kier alpha value is -3.22. The van der Waals surface area contributed by atoms with E-state index in [1.165, 1.54) is 11.0 Å². The van der Waals surface area contributed by atoms with E-state index in [2.05, 4.69) is 5.32 Å². The maximum Gasteiger partial charge on any atom is 0.274 e. The van der Waals surface area contributed by atoms with Crippen LogP contribution in [0.1, 0.15) is 12.0 Å². The lowest BCUT2D eigenvalue weighted by Gasteiger charge is -2.17. The maximum atomic E-state index is 12.4. The number of nitrogens with one attached hydrogen (secondary N) is 1. The summed E-state index contributed by atoms with van der Waals surface area (Å²) in [5, 5.41) is 13.9. The average molecular weight is 339 g/mol. The van der Waals surface area contributed by atoms with Crippen LogP contribution in [0.4, 0.5) is 17.1 Å². The smallest absolute Gasteiger partial charge is 0.274 e. The Kier molecular flexibility index (Phi) is 4.47. The molecule has 7 nitrogen and oxygen atoms in total. The van der Waals surface area contributed by atoms with E-state index in [1.807, 2.05) is 18.2 Å². The summed E-state index contributed by atoms with van der Waals surface area (Å²) < 4.78 is 0. The molecule has 0 saturated carbocycles. The molecule has 0 aliphatic carbocycles. The van der Waals surface area contributed by atoms with E-state index in [0.29, 0.717) is 16.9 Å². The predicted molar refractivity (Wildman–Crippen MR) is 93.4 cm³/mol. The average Bonchev–Trinajstić information content (AvgIpc) is 2.98. The first-order valence-corrected chi connectivity index (χ1v) is 7.87. The number of benzene rings is 2. The number of carbonyl (C=O) groups excluding carboxylic acids is 2. The van der Waals surface area contributed by atoms with Crippen molar-refractivity contribution in [2.75, 3.05) is 16.8 Å². The quantitative estimate of drug-likeness (QED) is 0.685. The van der Waals surface area contributed by atoms with E-state index in [-0.39, 0.29) is 30.5 Å².